The number of hydrogen-bond donors (Lipinski definition) is 0. The van der Waals surface area contributed by atoms with Gasteiger partial charge in [-0.25, -0.2) is 0 Å². The molecule has 1 aromatic carbocycles. The molecule has 4 heteroatoms. The average molecular weight is 249 g/mol. The molecule has 0 atom stereocenters. The van der Waals surface area contributed by atoms with Crippen molar-refractivity contribution in [3.05, 3.63) is 52.8 Å². The fourth-order valence-electron chi connectivity index (χ4n) is 1.62. The van der Waals surface area contributed by atoms with Crippen molar-refractivity contribution in [1.82, 2.24) is 9.78 Å². The minimum absolute atomic E-state index is 0.113. The molecule has 0 aliphatic heterocycles. The molecular weight excluding hydrogens is 236 g/mol. The largest absolute Gasteiger partial charge is 0.294 e. The number of aromatic nitrogens is 2. The molecule has 0 N–H and O–H groups in total. The van der Waals surface area contributed by atoms with E-state index in [4.69, 9.17) is 11.6 Å². The van der Waals surface area contributed by atoms with Crippen molar-refractivity contribution < 1.29 is 4.79 Å². The molecule has 3 nitrogen and oxygen atoms in total. The molecule has 88 valence electrons. The van der Waals surface area contributed by atoms with Gasteiger partial charge >= 0.3 is 0 Å². The third-order valence-corrected chi connectivity index (χ3v) is 2.75. The van der Waals surface area contributed by atoms with Gasteiger partial charge in [-0.3, -0.25) is 9.48 Å². The van der Waals surface area contributed by atoms with E-state index in [1.807, 2.05) is 31.2 Å². The Morgan fingerprint density at radius 2 is 2.29 bits per heavy atom. The molecule has 0 unspecified atom stereocenters. The van der Waals surface area contributed by atoms with Crippen LogP contribution in [-0.2, 0) is 6.54 Å². The van der Waals surface area contributed by atoms with E-state index in [-0.39, 0.29) is 5.78 Å². The molecule has 1 heterocycles. The smallest absolute Gasteiger partial charge is 0.165 e. The summed E-state index contributed by atoms with van der Waals surface area (Å²) in [6, 6.07) is 7.61. The Morgan fingerprint density at radius 3 is 3.00 bits per heavy atom. The highest BCUT2D eigenvalue weighted by Crippen LogP contribution is 2.12. The zero-order chi connectivity index (χ0) is 12.3. The minimum Gasteiger partial charge on any atom is -0.294 e. The third-order valence-electron chi connectivity index (χ3n) is 2.51. The van der Waals surface area contributed by atoms with Gasteiger partial charge in [0.2, 0.25) is 0 Å². The number of nitrogens with zero attached hydrogens (tertiary/aromatic N) is 2. The summed E-state index contributed by atoms with van der Waals surface area (Å²) < 4.78 is 1.74. The van der Waals surface area contributed by atoms with Crippen molar-refractivity contribution >= 4 is 17.4 Å². The number of carbonyl (C=O) groups is 1. The first-order chi connectivity index (χ1) is 8.19. The second-order valence-electron chi connectivity index (χ2n) is 3.83. The van der Waals surface area contributed by atoms with Crippen LogP contribution in [0.15, 0.2) is 36.7 Å². The molecule has 0 spiro atoms. The van der Waals surface area contributed by atoms with Crippen LogP contribution >= 0.6 is 11.6 Å². The number of carbonyl (C=O) groups excluding carboxylic acids is 1. The lowest BCUT2D eigenvalue weighted by molar-refractivity contribution is 0.0988. The van der Waals surface area contributed by atoms with Crippen LogP contribution < -0.4 is 0 Å². The average Bonchev–Trinajstić information content (AvgIpc) is 2.76. The van der Waals surface area contributed by atoms with Crippen LogP contribution in [0.3, 0.4) is 0 Å². The Kier molecular flexibility index (Phi) is 3.59. The summed E-state index contributed by atoms with van der Waals surface area (Å²) in [6.07, 6.45) is 3.88. The maximum atomic E-state index is 11.5. The number of ketones is 1. The summed E-state index contributed by atoms with van der Waals surface area (Å²) in [5.41, 5.74) is 1.73. The van der Waals surface area contributed by atoms with Gasteiger partial charge in [0, 0.05) is 17.6 Å². The Balaban J connectivity index is 2.14. The summed E-state index contributed by atoms with van der Waals surface area (Å²) in [5.74, 6) is 0.113. The second-order valence-corrected chi connectivity index (χ2v) is 4.27. The summed E-state index contributed by atoms with van der Waals surface area (Å²) >= 11 is 5.91. The minimum atomic E-state index is 0.113. The molecule has 0 saturated heterocycles. The van der Waals surface area contributed by atoms with E-state index in [0.29, 0.717) is 23.6 Å². The normalized spacial score (nSPS) is 10.5. The first-order valence-electron chi connectivity index (χ1n) is 5.49. The Morgan fingerprint density at radius 1 is 1.47 bits per heavy atom. The quantitative estimate of drug-likeness (QED) is 0.779. The molecular formula is C13H13ClN2O. The van der Waals surface area contributed by atoms with E-state index in [9.17, 15) is 4.79 Å². The van der Waals surface area contributed by atoms with Crippen LogP contribution in [0.25, 0.3) is 0 Å². The summed E-state index contributed by atoms with van der Waals surface area (Å²) in [5, 5.41) is 4.87. The van der Waals surface area contributed by atoms with Gasteiger partial charge in [0.25, 0.3) is 0 Å². The molecule has 0 aliphatic rings. The topological polar surface area (TPSA) is 34.9 Å². The Hall–Kier alpha value is -1.61. The first kappa shape index (κ1) is 11.9. The molecule has 2 aromatic rings. The number of benzene rings is 1. The van der Waals surface area contributed by atoms with E-state index in [1.54, 1.807) is 17.1 Å². The van der Waals surface area contributed by atoms with Crippen LogP contribution in [0.4, 0.5) is 0 Å². The first-order valence-corrected chi connectivity index (χ1v) is 5.87. The maximum absolute atomic E-state index is 11.5. The predicted octanol–water partition coefficient (Wildman–Crippen LogP) is 3.18. The summed E-state index contributed by atoms with van der Waals surface area (Å²) in [6.45, 7) is 2.47. The molecule has 0 fully saturated rings. The molecule has 1 aromatic heterocycles. The van der Waals surface area contributed by atoms with E-state index < -0.39 is 0 Å². The van der Waals surface area contributed by atoms with Crippen LogP contribution in [-0.4, -0.2) is 15.6 Å². The molecule has 17 heavy (non-hydrogen) atoms. The van der Waals surface area contributed by atoms with Crippen molar-refractivity contribution in [3.63, 3.8) is 0 Å². The van der Waals surface area contributed by atoms with Crippen molar-refractivity contribution in [2.45, 2.75) is 19.9 Å². The van der Waals surface area contributed by atoms with Crippen molar-refractivity contribution in [1.29, 1.82) is 0 Å². The molecule has 0 aliphatic carbocycles. The van der Waals surface area contributed by atoms with Crippen LogP contribution in [0.5, 0.6) is 0 Å². The van der Waals surface area contributed by atoms with Crippen molar-refractivity contribution in [2.24, 2.45) is 0 Å². The molecule has 0 bridgehead atoms. The third kappa shape index (κ3) is 2.94. The molecule has 0 amide bonds. The zero-order valence-electron chi connectivity index (χ0n) is 9.56. The van der Waals surface area contributed by atoms with Gasteiger partial charge in [0.15, 0.2) is 5.78 Å². The lowest BCUT2D eigenvalue weighted by atomic mass is 10.2. The van der Waals surface area contributed by atoms with Crippen LogP contribution in [0.2, 0.25) is 5.02 Å². The SMILES string of the molecule is CCC(=O)c1cnn(Cc2cccc(Cl)c2)c1. The van der Waals surface area contributed by atoms with Crippen molar-refractivity contribution in [3.8, 4) is 0 Å². The van der Waals surface area contributed by atoms with E-state index in [1.165, 1.54) is 0 Å². The fraction of sp³-hybridized carbons (Fsp3) is 0.231. The van der Waals surface area contributed by atoms with Crippen LogP contribution in [0, 0.1) is 0 Å². The standard InChI is InChI=1S/C13H13ClN2O/c1-2-13(17)11-7-15-16(9-11)8-10-4-3-5-12(14)6-10/h3-7,9H,2,8H2,1H3. The Bertz CT molecular complexity index is 534. The lowest BCUT2D eigenvalue weighted by Crippen LogP contribution is -2.00. The highest BCUT2D eigenvalue weighted by Gasteiger charge is 2.06. The molecule has 0 radical (unpaired) electrons. The van der Waals surface area contributed by atoms with Gasteiger partial charge in [0.1, 0.15) is 0 Å². The zero-order valence-corrected chi connectivity index (χ0v) is 10.3. The summed E-state index contributed by atoms with van der Waals surface area (Å²) in [4.78, 5) is 11.5. The van der Waals surface area contributed by atoms with Crippen LogP contribution in [0.1, 0.15) is 29.3 Å². The Labute approximate surface area is 105 Å². The predicted molar refractivity (Wildman–Crippen MR) is 67.4 cm³/mol. The highest BCUT2D eigenvalue weighted by atomic mass is 35.5. The number of halogens is 1. The van der Waals surface area contributed by atoms with Crippen molar-refractivity contribution in [2.75, 3.05) is 0 Å². The van der Waals surface area contributed by atoms with Gasteiger partial charge in [-0.1, -0.05) is 30.7 Å². The van der Waals surface area contributed by atoms with E-state index in [2.05, 4.69) is 5.10 Å². The maximum Gasteiger partial charge on any atom is 0.165 e. The van der Waals surface area contributed by atoms with Gasteiger partial charge < -0.3 is 0 Å². The van der Waals surface area contributed by atoms with E-state index >= 15 is 0 Å². The molecule has 0 saturated carbocycles. The molecule has 2 rings (SSSR count). The van der Waals surface area contributed by atoms with Gasteiger partial charge in [-0.15, -0.1) is 0 Å². The lowest BCUT2D eigenvalue weighted by Gasteiger charge is -2.01. The van der Waals surface area contributed by atoms with Gasteiger partial charge in [0.05, 0.1) is 18.3 Å². The number of rotatable bonds is 4. The van der Waals surface area contributed by atoms with Gasteiger partial charge in [-0.05, 0) is 17.7 Å². The summed E-state index contributed by atoms with van der Waals surface area (Å²) in [7, 11) is 0. The number of hydrogen-bond acceptors (Lipinski definition) is 2. The van der Waals surface area contributed by atoms with E-state index in [0.717, 1.165) is 5.56 Å². The monoisotopic (exact) mass is 248 g/mol. The fourth-order valence-corrected chi connectivity index (χ4v) is 1.83. The number of Topliss-reactive ketones (excluding diaryl/α,β-unsaturated/α-hetero) is 1. The highest BCUT2D eigenvalue weighted by molar-refractivity contribution is 6.30. The second kappa shape index (κ2) is 5.15. The van der Waals surface area contributed by atoms with Gasteiger partial charge in [-0.2, -0.15) is 5.10 Å².